The summed E-state index contributed by atoms with van der Waals surface area (Å²) in [7, 11) is 0. The van der Waals surface area contributed by atoms with Gasteiger partial charge in [0.15, 0.2) is 0 Å². The Morgan fingerprint density at radius 1 is 0.957 bits per heavy atom. The highest BCUT2D eigenvalue weighted by Gasteiger charge is 2.22. The molecule has 3 nitrogen and oxygen atoms in total. The van der Waals surface area contributed by atoms with E-state index in [1.807, 2.05) is 0 Å². The van der Waals surface area contributed by atoms with Crippen LogP contribution in [0, 0.1) is 19.7 Å². The summed E-state index contributed by atoms with van der Waals surface area (Å²) >= 11 is 0. The van der Waals surface area contributed by atoms with E-state index >= 15 is 0 Å². The zero-order valence-electron chi connectivity index (χ0n) is 13.6. The standard InChI is InChI=1S/C19H21FN2O/c1-14-6-7-18(12-15(14)2)21-8-10-22(11-9-21)19(23)16-4-3-5-17(20)13-16/h3-7,12-13H,8-11H2,1-2H3. The third kappa shape index (κ3) is 3.36. The van der Waals surface area contributed by atoms with Crippen molar-refractivity contribution in [3.63, 3.8) is 0 Å². The number of carbonyl (C=O) groups is 1. The zero-order valence-corrected chi connectivity index (χ0v) is 13.6. The van der Waals surface area contributed by atoms with Crippen LogP contribution in [0.5, 0.6) is 0 Å². The van der Waals surface area contributed by atoms with Crippen LogP contribution >= 0.6 is 0 Å². The topological polar surface area (TPSA) is 23.6 Å². The van der Waals surface area contributed by atoms with Gasteiger partial charge in [-0.05, 0) is 55.3 Å². The highest BCUT2D eigenvalue weighted by atomic mass is 19.1. The Morgan fingerprint density at radius 2 is 1.70 bits per heavy atom. The van der Waals surface area contributed by atoms with Crippen LogP contribution in [-0.4, -0.2) is 37.0 Å². The van der Waals surface area contributed by atoms with Gasteiger partial charge in [-0.25, -0.2) is 4.39 Å². The second-order valence-electron chi connectivity index (χ2n) is 6.06. The van der Waals surface area contributed by atoms with E-state index in [2.05, 4.69) is 36.9 Å². The number of aryl methyl sites for hydroxylation is 2. The lowest BCUT2D eigenvalue weighted by Gasteiger charge is -2.36. The lowest BCUT2D eigenvalue weighted by Crippen LogP contribution is -2.48. The number of rotatable bonds is 2. The Balaban J connectivity index is 1.66. The fraction of sp³-hybridized carbons (Fsp3) is 0.316. The van der Waals surface area contributed by atoms with E-state index in [1.54, 1.807) is 17.0 Å². The Hall–Kier alpha value is -2.36. The summed E-state index contributed by atoms with van der Waals surface area (Å²) in [5.41, 5.74) is 4.19. The lowest BCUT2D eigenvalue weighted by atomic mass is 10.1. The third-order valence-electron chi connectivity index (χ3n) is 4.49. The number of anilines is 1. The molecule has 0 N–H and O–H groups in total. The minimum atomic E-state index is -0.371. The summed E-state index contributed by atoms with van der Waals surface area (Å²) in [4.78, 5) is 16.5. The van der Waals surface area contributed by atoms with E-state index in [-0.39, 0.29) is 11.7 Å². The summed E-state index contributed by atoms with van der Waals surface area (Å²) in [6.45, 7) is 7.12. The molecule has 1 aliphatic heterocycles. The molecule has 1 saturated heterocycles. The van der Waals surface area contributed by atoms with E-state index in [1.165, 1.54) is 28.9 Å². The molecule has 0 aliphatic carbocycles. The van der Waals surface area contributed by atoms with E-state index in [0.29, 0.717) is 18.7 Å². The number of amides is 1. The SMILES string of the molecule is Cc1ccc(N2CCN(C(=O)c3cccc(F)c3)CC2)cc1C. The number of benzene rings is 2. The molecule has 4 heteroatoms. The summed E-state index contributed by atoms with van der Waals surface area (Å²) in [5, 5.41) is 0. The molecule has 23 heavy (non-hydrogen) atoms. The molecule has 3 rings (SSSR count). The molecule has 0 aromatic heterocycles. The molecule has 1 amide bonds. The fourth-order valence-electron chi connectivity index (χ4n) is 2.89. The van der Waals surface area contributed by atoms with Crippen LogP contribution < -0.4 is 4.90 Å². The van der Waals surface area contributed by atoms with Gasteiger partial charge in [0.05, 0.1) is 0 Å². The number of carbonyl (C=O) groups excluding carboxylic acids is 1. The first-order chi connectivity index (χ1) is 11.0. The minimum Gasteiger partial charge on any atom is -0.368 e. The van der Waals surface area contributed by atoms with Crippen LogP contribution in [0.1, 0.15) is 21.5 Å². The van der Waals surface area contributed by atoms with Crippen molar-refractivity contribution < 1.29 is 9.18 Å². The predicted octanol–water partition coefficient (Wildman–Crippen LogP) is 3.40. The maximum absolute atomic E-state index is 13.3. The van der Waals surface area contributed by atoms with Crippen molar-refractivity contribution in [2.75, 3.05) is 31.1 Å². The van der Waals surface area contributed by atoms with Gasteiger partial charge in [0.25, 0.3) is 5.91 Å². The monoisotopic (exact) mass is 312 g/mol. The van der Waals surface area contributed by atoms with Gasteiger partial charge in [-0.1, -0.05) is 12.1 Å². The van der Waals surface area contributed by atoms with Crippen LogP contribution in [-0.2, 0) is 0 Å². The molecule has 0 unspecified atom stereocenters. The molecular formula is C19H21FN2O. The molecule has 2 aromatic rings. The molecule has 0 spiro atoms. The zero-order chi connectivity index (χ0) is 16.4. The first kappa shape index (κ1) is 15.5. The summed E-state index contributed by atoms with van der Waals surface area (Å²) in [6, 6.07) is 12.4. The van der Waals surface area contributed by atoms with Gasteiger partial charge in [0.2, 0.25) is 0 Å². The van der Waals surface area contributed by atoms with Gasteiger partial charge < -0.3 is 9.80 Å². The van der Waals surface area contributed by atoms with Crippen molar-refractivity contribution in [1.82, 2.24) is 4.90 Å². The van der Waals surface area contributed by atoms with Crippen molar-refractivity contribution in [2.24, 2.45) is 0 Å². The van der Waals surface area contributed by atoms with Crippen LogP contribution in [0.3, 0.4) is 0 Å². The second-order valence-corrected chi connectivity index (χ2v) is 6.06. The van der Waals surface area contributed by atoms with Crippen LogP contribution in [0.2, 0.25) is 0 Å². The van der Waals surface area contributed by atoms with E-state index in [0.717, 1.165) is 13.1 Å². The van der Waals surface area contributed by atoms with Crippen LogP contribution in [0.15, 0.2) is 42.5 Å². The summed E-state index contributed by atoms with van der Waals surface area (Å²) in [6.07, 6.45) is 0. The molecule has 1 heterocycles. The number of piperazine rings is 1. The highest BCUT2D eigenvalue weighted by molar-refractivity contribution is 5.94. The normalized spacial score (nSPS) is 14.9. The predicted molar refractivity (Wildman–Crippen MR) is 90.4 cm³/mol. The molecule has 2 aromatic carbocycles. The van der Waals surface area contributed by atoms with Crippen molar-refractivity contribution in [1.29, 1.82) is 0 Å². The Labute approximate surface area is 136 Å². The summed E-state index contributed by atoms with van der Waals surface area (Å²) in [5.74, 6) is -0.464. The quantitative estimate of drug-likeness (QED) is 0.848. The fourth-order valence-corrected chi connectivity index (χ4v) is 2.89. The maximum Gasteiger partial charge on any atom is 0.254 e. The number of hydrogen-bond acceptors (Lipinski definition) is 2. The molecule has 0 saturated carbocycles. The lowest BCUT2D eigenvalue weighted by molar-refractivity contribution is 0.0746. The summed E-state index contributed by atoms with van der Waals surface area (Å²) < 4.78 is 13.3. The molecule has 0 atom stereocenters. The first-order valence-corrected chi connectivity index (χ1v) is 7.91. The van der Waals surface area contributed by atoms with Crippen LogP contribution in [0.25, 0.3) is 0 Å². The first-order valence-electron chi connectivity index (χ1n) is 7.91. The molecule has 1 aliphatic rings. The van der Waals surface area contributed by atoms with Gasteiger partial charge in [0, 0.05) is 37.4 Å². The van der Waals surface area contributed by atoms with Crippen molar-refractivity contribution in [3.8, 4) is 0 Å². The van der Waals surface area contributed by atoms with Gasteiger partial charge in [-0.2, -0.15) is 0 Å². The van der Waals surface area contributed by atoms with Crippen molar-refractivity contribution >= 4 is 11.6 Å². The van der Waals surface area contributed by atoms with Crippen molar-refractivity contribution in [2.45, 2.75) is 13.8 Å². The van der Waals surface area contributed by atoms with Gasteiger partial charge in [-0.15, -0.1) is 0 Å². The van der Waals surface area contributed by atoms with Crippen LogP contribution in [0.4, 0.5) is 10.1 Å². The molecule has 0 bridgehead atoms. The van der Waals surface area contributed by atoms with Crippen molar-refractivity contribution in [3.05, 3.63) is 65.0 Å². The number of nitrogens with zero attached hydrogens (tertiary/aromatic N) is 2. The molecule has 0 radical (unpaired) electrons. The maximum atomic E-state index is 13.3. The minimum absolute atomic E-state index is 0.0933. The number of hydrogen-bond donors (Lipinski definition) is 0. The van der Waals surface area contributed by atoms with E-state index in [4.69, 9.17) is 0 Å². The largest absolute Gasteiger partial charge is 0.368 e. The average Bonchev–Trinajstić information content (AvgIpc) is 2.57. The van der Waals surface area contributed by atoms with E-state index in [9.17, 15) is 9.18 Å². The second kappa shape index (κ2) is 6.41. The highest BCUT2D eigenvalue weighted by Crippen LogP contribution is 2.21. The van der Waals surface area contributed by atoms with Gasteiger partial charge >= 0.3 is 0 Å². The smallest absolute Gasteiger partial charge is 0.254 e. The Bertz CT molecular complexity index is 721. The van der Waals surface area contributed by atoms with Gasteiger partial charge in [0.1, 0.15) is 5.82 Å². The number of halogens is 1. The third-order valence-corrected chi connectivity index (χ3v) is 4.49. The molecule has 1 fully saturated rings. The average molecular weight is 312 g/mol. The Morgan fingerprint density at radius 3 is 2.35 bits per heavy atom. The van der Waals surface area contributed by atoms with E-state index < -0.39 is 0 Å². The molecule has 120 valence electrons. The van der Waals surface area contributed by atoms with Gasteiger partial charge in [-0.3, -0.25) is 4.79 Å². The Kier molecular flexibility index (Phi) is 4.33. The molecular weight excluding hydrogens is 291 g/mol.